The summed E-state index contributed by atoms with van der Waals surface area (Å²) >= 11 is 0. The predicted molar refractivity (Wildman–Crippen MR) is 523 cm³/mol. The summed E-state index contributed by atoms with van der Waals surface area (Å²) in [5.41, 5.74) is 8.34. The number of carbonyl (C=O) groups is 24. The monoisotopic (exact) mass is 2080 g/mol. The average molecular weight is 2080 g/mol. The summed E-state index contributed by atoms with van der Waals surface area (Å²) < 4.78 is 0. The van der Waals surface area contributed by atoms with Gasteiger partial charge in [0.05, 0.1) is 25.2 Å². The molecule has 51 heteroatoms. The first kappa shape index (κ1) is 117. The van der Waals surface area contributed by atoms with E-state index in [1.54, 1.807) is 119 Å². The summed E-state index contributed by atoms with van der Waals surface area (Å²) in [7, 11) is 0. The number of likely N-dealkylation sites (tertiary alicyclic amines) is 1. The van der Waals surface area contributed by atoms with Crippen LogP contribution in [0.2, 0.25) is 0 Å². The lowest BCUT2D eigenvalue weighted by molar-refractivity contribution is -0.141. The van der Waals surface area contributed by atoms with Crippen LogP contribution in [-0.4, -0.2) is 304 Å². The van der Waals surface area contributed by atoms with Crippen LogP contribution in [0.4, 0.5) is 0 Å². The van der Waals surface area contributed by atoms with E-state index >= 15 is 0 Å². The number of carboxylic acid groups (broad SMARTS) is 6. The van der Waals surface area contributed by atoms with Crippen molar-refractivity contribution in [2.45, 2.75) is 260 Å². The summed E-state index contributed by atoms with van der Waals surface area (Å²) in [6.45, 7) is 6.26. The van der Waals surface area contributed by atoms with Gasteiger partial charge in [0.15, 0.2) is 0 Å². The normalized spacial score (nSPS) is 16.9. The molecule has 0 spiro atoms. The van der Waals surface area contributed by atoms with Crippen LogP contribution in [0.5, 0.6) is 5.75 Å². The van der Waals surface area contributed by atoms with Gasteiger partial charge in [-0.3, -0.25) is 120 Å². The molecule has 2 fully saturated rings. The predicted octanol–water partition coefficient (Wildman–Crippen LogP) is -3.43. The molecule has 8 rings (SSSR count). The first-order chi connectivity index (χ1) is 70.5. The van der Waals surface area contributed by atoms with Crippen molar-refractivity contribution in [3.8, 4) is 5.75 Å². The molecule has 3 aromatic carbocycles. The van der Waals surface area contributed by atoms with Crippen LogP contribution in [0.25, 0.3) is 10.9 Å². The minimum absolute atomic E-state index is 0.0738. The van der Waals surface area contributed by atoms with Gasteiger partial charge in [0.25, 0.3) is 0 Å². The van der Waals surface area contributed by atoms with Crippen LogP contribution in [0.1, 0.15) is 167 Å². The Morgan fingerprint density at radius 3 is 1.34 bits per heavy atom. The number of phenols is 1. The lowest BCUT2D eigenvalue weighted by atomic mass is 9.99. The second-order valence-electron chi connectivity index (χ2n) is 37.1. The Bertz CT molecular complexity index is 5730. The number of nitrogens with zero attached hydrogens (tertiary/aromatic N) is 2. The largest absolute Gasteiger partial charge is 0.508 e. The Balaban J connectivity index is 0.955. The quantitative estimate of drug-likeness (QED) is 0.0205. The summed E-state index contributed by atoms with van der Waals surface area (Å²) in [6.07, 6.45) is -2.16. The molecule has 4 aliphatic rings. The third-order valence-electron chi connectivity index (χ3n) is 24.2. The van der Waals surface area contributed by atoms with Crippen molar-refractivity contribution in [3.63, 3.8) is 0 Å². The number of aromatic amines is 1. The van der Waals surface area contributed by atoms with Crippen LogP contribution in [0, 0.1) is 17.8 Å². The molecule has 0 saturated carbocycles. The van der Waals surface area contributed by atoms with Crippen LogP contribution >= 0.6 is 0 Å². The number of rotatable bonds is 61. The number of amides is 18. The van der Waals surface area contributed by atoms with E-state index < -0.39 is 323 Å². The third kappa shape index (κ3) is 38.9. The second-order valence-corrected chi connectivity index (χ2v) is 37.1. The lowest BCUT2D eigenvalue weighted by Gasteiger charge is -2.29. The number of nitrogens with one attached hydrogen (secondary N) is 17. The van der Waals surface area contributed by atoms with E-state index in [4.69, 9.17) is 5.73 Å². The number of carboxylic acids is 6. The molecule has 3 aliphatic heterocycles. The fourth-order valence-electron chi connectivity index (χ4n) is 16.5. The zero-order valence-corrected chi connectivity index (χ0v) is 82.2. The van der Waals surface area contributed by atoms with Crippen molar-refractivity contribution in [2.75, 3.05) is 19.6 Å². The number of benzene rings is 3. The molecular weight excluding hydrogens is 1950 g/mol. The molecule has 1 aromatic heterocycles. The van der Waals surface area contributed by atoms with Gasteiger partial charge in [-0.2, -0.15) is 0 Å². The summed E-state index contributed by atoms with van der Waals surface area (Å²) in [4.78, 5) is 335. The zero-order chi connectivity index (χ0) is 110. The van der Waals surface area contributed by atoms with Crippen molar-refractivity contribution in [3.05, 3.63) is 138 Å². The van der Waals surface area contributed by atoms with Crippen molar-refractivity contribution >= 4 is 159 Å². The SMILES string of the molecule is CC(C)CC(NC(=O)C(CC1=CC2C=CC=CC2=N1)NC(=O)CNC(=O)C(Cc1ccc(O)cc1)NC(=O)C(C)NC(=O)C(CCC(=O)O)NC(=O)C(CCC(=O)O)NC(=O)C(CCC(=O)O)NC(=O)C(CCC(=O)O)NC(=O)C(CCC(=O)O)NC(=O)C(CC(C)C)NC(=O)C(Cc1cc2ccccc2[nH]1)NC(=O)C1CCCN1C(=O)CNC(=O)C1CCC(=O)N1)C(=O)NC(CC(=O)O)C(=O)NC(Cc1ccccc1)C(N)=O. The maximum absolute atomic E-state index is 14.8. The minimum atomic E-state index is -2.14. The van der Waals surface area contributed by atoms with Crippen molar-refractivity contribution < 1.29 is 151 Å². The van der Waals surface area contributed by atoms with Crippen molar-refractivity contribution in [1.29, 1.82) is 0 Å². The number of aromatic nitrogens is 1. The van der Waals surface area contributed by atoms with Crippen LogP contribution in [0.15, 0.2) is 126 Å². The lowest BCUT2D eigenvalue weighted by Crippen LogP contribution is -2.61. The Kier molecular flexibility index (Phi) is 45.1. The van der Waals surface area contributed by atoms with E-state index in [0.29, 0.717) is 34.3 Å². The number of hydrogen-bond donors (Lipinski definition) is 25. The number of nitrogens with two attached hydrogens (primary N) is 1. The first-order valence-corrected chi connectivity index (χ1v) is 48.3. The molecule has 16 unspecified atom stereocenters. The molecule has 149 heavy (non-hydrogen) atoms. The average Bonchev–Trinajstić information content (AvgIpc) is 1.68. The molecule has 18 amide bonds. The number of aromatic hydroxyl groups is 1. The van der Waals surface area contributed by atoms with E-state index in [0.717, 1.165) is 6.92 Å². The van der Waals surface area contributed by atoms with Crippen molar-refractivity contribution in [1.82, 2.24) is 95.0 Å². The topological polar surface area (TPSA) is 801 Å². The first-order valence-electron chi connectivity index (χ1n) is 48.3. The molecule has 4 aromatic rings. The molecule has 51 nitrogen and oxygen atoms in total. The Morgan fingerprint density at radius 1 is 0.430 bits per heavy atom. The Labute approximate surface area is 852 Å². The highest BCUT2D eigenvalue weighted by Gasteiger charge is 2.42. The number of allylic oxidation sites excluding steroid dienone is 5. The van der Waals surface area contributed by atoms with Crippen LogP contribution in [0.3, 0.4) is 0 Å². The zero-order valence-electron chi connectivity index (χ0n) is 82.2. The third-order valence-corrected chi connectivity index (χ3v) is 24.2. The number of hydrogen-bond acceptors (Lipinski definition) is 26. The molecule has 804 valence electrons. The number of primary amides is 1. The van der Waals surface area contributed by atoms with E-state index in [2.05, 4.69) is 95.0 Å². The van der Waals surface area contributed by atoms with Gasteiger partial charge in [-0.05, 0) is 136 Å². The highest BCUT2D eigenvalue weighted by atomic mass is 16.4. The Morgan fingerprint density at radius 2 is 0.866 bits per heavy atom. The van der Waals surface area contributed by atoms with Gasteiger partial charge in [0, 0.05) is 93.6 Å². The maximum atomic E-state index is 14.8. The summed E-state index contributed by atoms with van der Waals surface area (Å²) in [5, 5.41) is 109. The van der Waals surface area contributed by atoms with Gasteiger partial charge >= 0.3 is 35.8 Å². The molecule has 0 radical (unpaired) electrons. The van der Waals surface area contributed by atoms with Gasteiger partial charge < -0.3 is 136 Å². The highest BCUT2D eigenvalue weighted by Crippen LogP contribution is 2.27. The van der Waals surface area contributed by atoms with Gasteiger partial charge in [0.2, 0.25) is 106 Å². The number of fused-ring (bicyclic) bond motifs is 2. The fourth-order valence-corrected chi connectivity index (χ4v) is 16.5. The number of aliphatic carboxylic acids is 6. The fraction of sp³-hybridized carbons (Fsp3) is 0.480. The van der Waals surface area contributed by atoms with Gasteiger partial charge in [-0.1, -0.05) is 107 Å². The van der Waals surface area contributed by atoms with Crippen LogP contribution < -0.4 is 90.8 Å². The molecule has 1 aliphatic carbocycles. The van der Waals surface area contributed by atoms with Crippen molar-refractivity contribution in [2.24, 2.45) is 28.5 Å². The number of carbonyl (C=O) groups excluding carboxylic acids is 18. The maximum Gasteiger partial charge on any atom is 0.305 e. The number of phenolic OH excluding ortho intramolecular Hbond substituents is 1. The smallest absolute Gasteiger partial charge is 0.305 e. The van der Waals surface area contributed by atoms with Gasteiger partial charge in [0.1, 0.15) is 96.4 Å². The number of aliphatic imine (C=N–C) groups is 1. The van der Waals surface area contributed by atoms with E-state index in [-0.39, 0.29) is 92.7 Å². The standard InChI is InChI=1S/C98H126N20O31/c1-49(2)38-68(115-96(147)72(45-57-43-55-17-10-12-19-60(55)104-57)117-98(149)74-20-13-37-118(74)77(122)48-101-86(137)61-25-31-75(120)105-61)93(144)111-66(30-36-82(131)132)92(143)110-65(29-35-81(129)130)91(142)109-64(28-34-80(127)128)90(141)108-63(27-33-79(125)126)89(140)107-62(26-32-78(123)124)88(139)102-51(5)85(136)113-70(41-53-21-23-58(119)24-22-53)87(138)100-47-76(121)106-71(44-56-42-54-16-9-11-18-59(54)103-56)95(146)114-69(39-50(3)4)94(145)116-73(46-83(133)134)97(148)112-67(84(99)135)40-52-14-7-6-8-15-52/h6-12,14-19,21-24,42-43,49-51,54,61-74,104,119H,13,20,25-41,44-48H2,1-5H3,(H2,99,135)(H,100,138)(H,101,137)(H,102,139)(H,105,120)(H,106,121)(H,107,140)(H,108,141)(H,109,142)(H,110,143)(H,111,144)(H,112,148)(H,113,136)(H,114,146)(H,115,147)(H,116,145)(H,117,149)(H,123,124)(H,125,126)(H,127,128)(H,129,130)(H,131,132)(H,133,134). The summed E-state index contributed by atoms with van der Waals surface area (Å²) in [5.74, 6) is -30.2. The van der Waals surface area contributed by atoms with Gasteiger partial charge in [-0.25, -0.2) is 0 Å². The van der Waals surface area contributed by atoms with E-state index in [1.165, 1.54) is 29.2 Å². The minimum Gasteiger partial charge on any atom is -0.508 e. The van der Waals surface area contributed by atoms with E-state index in [1.807, 2.05) is 0 Å². The number of H-pyrrole nitrogens is 1. The molecular formula is C98H126N20O31. The second kappa shape index (κ2) is 57.2. The Hall–Kier alpha value is -16.8. The number of para-hydroxylation sites is 1. The molecule has 16 atom stereocenters. The van der Waals surface area contributed by atoms with Gasteiger partial charge in [-0.15, -0.1) is 0 Å². The molecule has 4 heterocycles. The summed E-state index contributed by atoms with van der Waals surface area (Å²) in [6, 6.07) is -3.30. The van der Waals surface area contributed by atoms with Crippen LogP contribution in [-0.2, 0) is 134 Å². The molecule has 0 bridgehead atoms. The molecule has 2 saturated heterocycles. The van der Waals surface area contributed by atoms with E-state index in [9.17, 15) is 151 Å². The molecule has 26 N–H and O–H groups in total. The highest BCUT2D eigenvalue weighted by molar-refractivity contribution is 6.05.